The summed E-state index contributed by atoms with van der Waals surface area (Å²) in [6, 6.07) is 8.09. The van der Waals surface area contributed by atoms with Crippen LogP contribution in [0.5, 0.6) is 5.75 Å². The van der Waals surface area contributed by atoms with Gasteiger partial charge in [0.1, 0.15) is 11.9 Å². The minimum Gasteiger partial charge on any atom is -0.485 e. The van der Waals surface area contributed by atoms with Crippen molar-refractivity contribution in [1.29, 1.82) is 0 Å². The summed E-state index contributed by atoms with van der Waals surface area (Å²) in [4.78, 5) is 0.159. The molecule has 0 amide bonds. The lowest BCUT2D eigenvalue weighted by Gasteiger charge is -2.41. The van der Waals surface area contributed by atoms with Gasteiger partial charge in [0.2, 0.25) is 0 Å². The lowest BCUT2D eigenvalue weighted by molar-refractivity contribution is -0.142. The monoisotopic (exact) mass is 550 g/mol. The normalized spacial score (nSPS) is 25.8. The molecule has 0 aromatic heterocycles. The minimum absolute atomic E-state index is 0.159. The number of alkyl halides is 3. The predicted molar refractivity (Wildman–Crippen MR) is 130 cm³/mol. The molecule has 1 fully saturated rings. The number of fused-ring (bicyclic) bond motifs is 1. The van der Waals surface area contributed by atoms with Crippen LogP contribution < -0.4 is 15.8 Å². The fourth-order valence-corrected chi connectivity index (χ4v) is 6.57. The number of ether oxygens (including phenoxy) is 1. The zero-order chi connectivity index (χ0) is 25.5. The molecule has 4 rings (SSSR count). The first-order valence-electron chi connectivity index (χ1n) is 11.3. The molecule has 2 unspecified atom stereocenters. The lowest BCUT2D eigenvalue weighted by Crippen LogP contribution is -2.54. The number of benzene rings is 2. The molecule has 2 aromatic carbocycles. The lowest BCUT2D eigenvalue weighted by atomic mass is 9.76. The SMILES string of the molecule is CS(=O)(=O)c1ccc(O[C@@H]2c3cc(Cl)cc(Cl)c3C[C@H]2[C@@H]2NCCCC2C(N)CC(F)(F)F)cc1. The first kappa shape index (κ1) is 26.5. The molecule has 35 heavy (non-hydrogen) atoms. The largest absolute Gasteiger partial charge is 0.485 e. The molecule has 2 aliphatic rings. The smallest absolute Gasteiger partial charge is 0.390 e. The predicted octanol–water partition coefficient (Wildman–Crippen LogP) is 5.34. The third-order valence-corrected chi connectivity index (χ3v) is 8.56. The summed E-state index contributed by atoms with van der Waals surface area (Å²) in [5, 5.41) is 4.31. The van der Waals surface area contributed by atoms with Crippen molar-refractivity contribution >= 4 is 33.0 Å². The Bertz CT molecular complexity index is 1180. The number of rotatable bonds is 6. The molecule has 0 radical (unpaired) electrons. The van der Waals surface area contributed by atoms with Gasteiger partial charge in [0.15, 0.2) is 9.84 Å². The topological polar surface area (TPSA) is 81.4 Å². The van der Waals surface area contributed by atoms with Gasteiger partial charge in [-0.1, -0.05) is 23.2 Å². The molecule has 0 spiro atoms. The Morgan fingerprint density at radius 1 is 1.20 bits per heavy atom. The number of nitrogens with one attached hydrogen (secondary N) is 1. The van der Waals surface area contributed by atoms with E-state index < -0.39 is 40.5 Å². The maximum absolute atomic E-state index is 13.2. The summed E-state index contributed by atoms with van der Waals surface area (Å²) in [5.74, 6) is -0.221. The molecule has 192 valence electrons. The first-order valence-corrected chi connectivity index (χ1v) is 14.0. The zero-order valence-corrected chi connectivity index (χ0v) is 21.3. The van der Waals surface area contributed by atoms with Crippen LogP contribution in [0.25, 0.3) is 0 Å². The van der Waals surface area contributed by atoms with E-state index in [2.05, 4.69) is 5.32 Å². The van der Waals surface area contributed by atoms with Crippen molar-refractivity contribution in [3.05, 3.63) is 57.6 Å². The molecule has 5 atom stereocenters. The highest BCUT2D eigenvalue weighted by Crippen LogP contribution is 2.47. The van der Waals surface area contributed by atoms with E-state index in [0.717, 1.165) is 23.8 Å². The van der Waals surface area contributed by atoms with Crippen LogP contribution in [-0.4, -0.2) is 39.5 Å². The molecule has 0 bridgehead atoms. The molecular weight excluding hydrogens is 524 g/mol. The van der Waals surface area contributed by atoms with Crippen LogP contribution in [0, 0.1) is 11.8 Å². The van der Waals surface area contributed by atoms with Gasteiger partial charge in [-0.2, -0.15) is 13.2 Å². The summed E-state index contributed by atoms with van der Waals surface area (Å²) in [5.41, 5.74) is 7.72. The Balaban J connectivity index is 1.68. The maximum Gasteiger partial charge on any atom is 0.390 e. The highest BCUT2D eigenvalue weighted by atomic mass is 35.5. The van der Waals surface area contributed by atoms with Crippen molar-refractivity contribution in [2.24, 2.45) is 17.6 Å². The van der Waals surface area contributed by atoms with Crippen LogP contribution in [0.4, 0.5) is 13.2 Å². The van der Waals surface area contributed by atoms with E-state index in [1.165, 1.54) is 12.1 Å². The number of sulfone groups is 1. The number of hydrogen-bond acceptors (Lipinski definition) is 5. The average molecular weight is 551 g/mol. The van der Waals surface area contributed by atoms with E-state index in [9.17, 15) is 21.6 Å². The Morgan fingerprint density at radius 2 is 1.89 bits per heavy atom. The van der Waals surface area contributed by atoms with Crippen LogP contribution in [0.1, 0.15) is 36.5 Å². The van der Waals surface area contributed by atoms with Gasteiger partial charge in [-0.25, -0.2) is 8.42 Å². The van der Waals surface area contributed by atoms with Crippen LogP contribution in [-0.2, 0) is 16.3 Å². The summed E-state index contributed by atoms with van der Waals surface area (Å²) < 4.78 is 69.5. The first-order chi connectivity index (χ1) is 16.3. The van der Waals surface area contributed by atoms with Crippen LogP contribution in [0.2, 0.25) is 10.0 Å². The summed E-state index contributed by atoms with van der Waals surface area (Å²) in [6.45, 7) is 0.664. The van der Waals surface area contributed by atoms with Crippen molar-refractivity contribution in [1.82, 2.24) is 5.32 Å². The second kappa shape index (κ2) is 10.1. The Hall–Kier alpha value is -1.52. The van der Waals surface area contributed by atoms with Crippen molar-refractivity contribution in [3.63, 3.8) is 0 Å². The van der Waals surface area contributed by atoms with Crippen molar-refractivity contribution in [3.8, 4) is 5.75 Å². The average Bonchev–Trinajstić information content (AvgIpc) is 3.11. The van der Waals surface area contributed by atoms with Gasteiger partial charge in [0, 0.05) is 34.3 Å². The fraction of sp³-hybridized carbons (Fsp3) is 0.500. The van der Waals surface area contributed by atoms with Gasteiger partial charge < -0.3 is 15.8 Å². The van der Waals surface area contributed by atoms with Gasteiger partial charge in [-0.15, -0.1) is 0 Å². The molecule has 1 aliphatic heterocycles. The third-order valence-electron chi connectivity index (χ3n) is 6.88. The zero-order valence-electron chi connectivity index (χ0n) is 19.0. The molecule has 1 aliphatic carbocycles. The summed E-state index contributed by atoms with van der Waals surface area (Å²) in [7, 11) is -3.37. The number of piperidine rings is 1. The maximum atomic E-state index is 13.2. The molecule has 2 aromatic rings. The van der Waals surface area contributed by atoms with E-state index in [1.54, 1.807) is 24.3 Å². The summed E-state index contributed by atoms with van der Waals surface area (Å²) >= 11 is 12.8. The third kappa shape index (κ3) is 6.07. The minimum atomic E-state index is -4.35. The molecule has 3 N–H and O–H groups in total. The van der Waals surface area contributed by atoms with E-state index >= 15 is 0 Å². The van der Waals surface area contributed by atoms with Crippen molar-refractivity contribution < 1.29 is 26.3 Å². The number of hydrogen-bond donors (Lipinski definition) is 2. The van der Waals surface area contributed by atoms with Crippen molar-refractivity contribution in [2.75, 3.05) is 12.8 Å². The Kier molecular flexibility index (Phi) is 7.65. The van der Waals surface area contributed by atoms with Gasteiger partial charge >= 0.3 is 6.18 Å². The highest BCUT2D eigenvalue weighted by molar-refractivity contribution is 7.90. The van der Waals surface area contributed by atoms with Gasteiger partial charge in [-0.3, -0.25) is 0 Å². The van der Waals surface area contributed by atoms with E-state index in [4.69, 9.17) is 33.7 Å². The van der Waals surface area contributed by atoms with Gasteiger partial charge in [-0.05, 0) is 79.3 Å². The Labute approximate surface area is 213 Å². The van der Waals surface area contributed by atoms with Gasteiger partial charge in [0.05, 0.1) is 11.3 Å². The molecule has 11 heteroatoms. The molecule has 0 saturated carbocycles. The second-order valence-corrected chi connectivity index (χ2v) is 12.2. The standard InChI is InChI=1S/C24H27Cl2F3N2O3S/c1-35(32,33)15-6-4-14(5-7-15)34-23-18-9-13(25)10-20(26)17(18)11-19(23)22-16(3-2-8-31-22)21(30)12-24(27,28)29/h4-7,9-10,16,19,21-23,31H,2-3,8,11-12,30H2,1H3/t16?,19-,21?,22+,23+/m0/s1. The van der Waals surface area contributed by atoms with Crippen molar-refractivity contribution in [2.45, 2.75) is 54.9 Å². The second-order valence-electron chi connectivity index (χ2n) is 9.37. The number of nitrogens with two attached hydrogens (primary N) is 1. The van der Waals surface area contributed by atoms with E-state index in [0.29, 0.717) is 35.2 Å². The molecular formula is C24H27Cl2F3N2O3S. The highest BCUT2D eigenvalue weighted by Gasteiger charge is 2.46. The van der Waals surface area contributed by atoms with Gasteiger partial charge in [0.25, 0.3) is 0 Å². The van der Waals surface area contributed by atoms with Crippen LogP contribution >= 0.6 is 23.2 Å². The molecule has 1 heterocycles. The van der Waals surface area contributed by atoms with Crippen LogP contribution in [0.15, 0.2) is 41.3 Å². The van der Waals surface area contributed by atoms with E-state index in [1.807, 2.05) is 0 Å². The summed E-state index contributed by atoms with van der Waals surface area (Å²) in [6.07, 6.45) is -3.04. The number of halogens is 5. The quantitative estimate of drug-likeness (QED) is 0.507. The Morgan fingerprint density at radius 3 is 2.51 bits per heavy atom. The molecule has 1 saturated heterocycles. The van der Waals surface area contributed by atoms with E-state index in [-0.39, 0.29) is 16.9 Å². The molecule has 5 nitrogen and oxygen atoms in total. The van der Waals surface area contributed by atoms with Crippen LogP contribution in [0.3, 0.4) is 0 Å². The fourth-order valence-electron chi connectivity index (χ4n) is 5.35.